The van der Waals surface area contributed by atoms with Crippen LogP contribution in [0.25, 0.3) is 0 Å². The average Bonchev–Trinajstić information content (AvgIpc) is 2.36. The van der Waals surface area contributed by atoms with E-state index in [0.717, 1.165) is 12.1 Å². The summed E-state index contributed by atoms with van der Waals surface area (Å²) in [5, 5.41) is 3.01. The second kappa shape index (κ2) is 6.85. The van der Waals surface area contributed by atoms with Gasteiger partial charge in [0.25, 0.3) is 0 Å². The molecule has 1 aromatic rings. The highest BCUT2D eigenvalue weighted by Crippen LogP contribution is 2.33. The summed E-state index contributed by atoms with van der Waals surface area (Å²) < 4.78 is 43.6. The SMILES string of the molecule is COC(C)(C)CC(CN)Nc1cc(Cl)cc(C(F)(F)F)c1. The van der Waals surface area contributed by atoms with Gasteiger partial charge in [-0.1, -0.05) is 11.6 Å². The Bertz CT molecular complexity index is 478. The molecule has 0 fully saturated rings. The van der Waals surface area contributed by atoms with Crippen LogP contribution < -0.4 is 11.1 Å². The average molecular weight is 325 g/mol. The first-order chi connectivity index (χ1) is 9.57. The molecular weight excluding hydrogens is 305 g/mol. The third kappa shape index (κ3) is 5.73. The van der Waals surface area contributed by atoms with Crippen LogP contribution in [0.15, 0.2) is 18.2 Å². The van der Waals surface area contributed by atoms with Crippen molar-refractivity contribution in [3.8, 4) is 0 Å². The van der Waals surface area contributed by atoms with Crippen molar-refractivity contribution in [2.24, 2.45) is 5.73 Å². The molecule has 0 bridgehead atoms. The number of hydrogen-bond donors (Lipinski definition) is 2. The summed E-state index contributed by atoms with van der Waals surface area (Å²) in [6.07, 6.45) is -3.89. The Morgan fingerprint density at radius 2 is 1.90 bits per heavy atom. The fraction of sp³-hybridized carbons (Fsp3) is 0.571. The van der Waals surface area contributed by atoms with Gasteiger partial charge < -0.3 is 15.8 Å². The number of nitrogens with two attached hydrogens (primary N) is 1. The van der Waals surface area contributed by atoms with Gasteiger partial charge in [-0.15, -0.1) is 0 Å². The van der Waals surface area contributed by atoms with Crippen LogP contribution in [-0.4, -0.2) is 25.3 Å². The van der Waals surface area contributed by atoms with E-state index in [1.807, 2.05) is 13.8 Å². The van der Waals surface area contributed by atoms with E-state index in [9.17, 15) is 13.2 Å². The highest BCUT2D eigenvalue weighted by molar-refractivity contribution is 6.30. The molecule has 3 nitrogen and oxygen atoms in total. The summed E-state index contributed by atoms with van der Waals surface area (Å²) in [5.41, 5.74) is 4.74. The maximum atomic E-state index is 12.8. The summed E-state index contributed by atoms with van der Waals surface area (Å²) >= 11 is 5.75. The Morgan fingerprint density at radius 3 is 2.38 bits per heavy atom. The van der Waals surface area contributed by atoms with Crippen LogP contribution >= 0.6 is 11.6 Å². The normalized spacial score (nSPS) is 14.1. The monoisotopic (exact) mass is 324 g/mol. The number of halogens is 4. The van der Waals surface area contributed by atoms with Gasteiger partial charge in [0, 0.05) is 30.4 Å². The van der Waals surface area contributed by atoms with Gasteiger partial charge in [-0.2, -0.15) is 13.2 Å². The van der Waals surface area contributed by atoms with E-state index in [0.29, 0.717) is 6.42 Å². The van der Waals surface area contributed by atoms with Gasteiger partial charge in [-0.05, 0) is 38.5 Å². The molecule has 0 spiro atoms. The lowest BCUT2D eigenvalue weighted by Gasteiger charge is -2.29. The first-order valence-electron chi connectivity index (χ1n) is 6.47. The second-order valence-electron chi connectivity index (χ2n) is 5.47. The highest BCUT2D eigenvalue weighted by atomic mass is 35.5. The van der Waals surface area contributed by atoms with Crippen molar-refractivity contribution < 1.29 is 17.9 Å². The fourth-order valence-electron chi connectivity index (χ4n) is 1.94. The number of rotatable bonds is 6. The molecule has 0 aliphatic heterocycles. The molecule has 0 saturated heterocycles. The van der Waals surface area contributed by atoms with Crippen LogP contribution in [0.2, 0.25) is 5.02 Å². The number of hydrogen-bond acceptors (Lipinski definition) is 3. The second-order valence-corrected chi connectivity index (χ2v) is 5.91. The number of anilines is 1. The van der Waals surface area contributed by atoms with E-state index in [1.54, 1.807) is 7.11 Å². The summed E-state index contributed by atoms with van der Waals surface area (Å²) in [6, 6.07) is 3.14. The van der Waals surface area contributed by atoms with Gasteiger partial charge in [0.1, 0.15) is 0 Å². The van der Waals surface area contributed by atoms with Crippen molar-refractivity contribution >= 4 is 17.3 Å². The van der Waals surface area contributed by atoms with Crippen molar-refractivity contribution in [1.29, 1.82) is 0 Å². The maximum Gasteiger partial charge on any atom is 0.416 e. The van der Waals surface area contributed by atoms with Crippen LogP contribution in [0.5, 0.6) is 0 Å². The topological polar surface area (TPSA) is 47.3 Å². The third-order valence-corrected chi connectivity index (χ3v) is 3.39. The minimum Gasteiger partial charge on any atom is -0.381 e. The van der Waals surface area contributed by atoms with E-state index in [2.05, 4.69) is 5.32 Å². The number of methoxy groups -OCH3 is 1. The summed E-state index contributed by atoms with van der Waals surface area (Å²) in [7, 11) is 1.58. The van der Waals surface area contributed by atoms with E-state index < -0.39 is 17.3 Å². The molecule has 120 valence electrons. The molecule has 0 amide bonds. The zero-order valence-corrected chi connectivity index (χ0v) is 13.0. The third-order valence-electron chi connectivity index (χ3n) is 3.17. The minimum atomic E-state index is -4.44. The van der Waals surface area contributed by atoms with Gasteiger partial charge >= 0.3 is 6.18 Å². The molecule has 0 aliphatic rings. The summed E-state index contributed by atoms with van der Waals surface area (Å²) in [5.74, 6) is 0. The van der Waals surface area contributed by atoms with Crippen molar-refractivity contribution in [2.75, 3.05) is 19.0 Å². The van der Waals surface area contributed by atoms with Crippen LogP contribution in [0.4, 0.5) is 18.9 Å². The molecule has 1 rings (SSSR count). The molecule has 0 saturated carbocycles. The summed E-state index contributed by atoms with van der Waals surface area (Å²) in [4.78, 5) is 0. The van der Waals surface area contributed by atoms with E-state index in [4.69, 9.17) is 22.1 Å². The van der Waals surface area contributed by atoms with E-state index >= 15 is 0 Å². The van der Waals surface area contributed by atoms with Gasteiger partial charge in [-0.25, -0.2) is 0 Å². The lowest BCUT2D eigenvalue weighted by Crippen LogP contribution is -2.37. The van der Waals surface area contributed by atoms with Crippen LogP contribution in [-0.2, 0) is 10.9 Å². The van der Waals surface area contributed by atoms with E-state index in [-0.39, 0.29) is 23.3 Å². The van der Waals surface area contributed by atoms with E-state index in [1.165, 1.54) is 6.07 Å². The Morgan fingerprint density at radius 1 is 1.29 bits per heavy atom. The Balaban J connectivity index is 2.93. The predicted molar refractivity (Wildman–Crippen MR) is 78.6 cm³/mol. The molecule has 1 unspecified atom stereocenters. The van der Waals surface area contributed by atoms with Gasteiger partial charge in [0.2, 0.25) is 0 Å². The lowest BCUT2D eigenvalue weighted by molar-refractivity contribution is -0.137. The van der Waals surface area contributed by atoms with Crippen molar-refractivity contribution in [2.45, 2.75) is 38.1 Å². The Kier molecular flexibility index (Phi) is 5.90. The number of nitrogens with one attached hydrogen (secondary N) is 1. The quantitative estimate of drug-likeness (QED) is 0.834. The molecule has 0 heterocycles. The van der Waals surface area contributed by atoms with Crippen LogP contribution in [0.3, 0.4) is 0 Å². The zero-order chi connectivity index (χ0) is 16.3. The van der Waals surface area contributed by atoms with Crippen molar-refractivity contribution in [1.82, 2.24) is 0 Å². The number of alkyl halides is 3. The first kappa shape index (κ1) is 18.1. The standard InChI is InChI=1S/C14H20ClF3N2O/c1-13(2,21-3)7-12(8-19)20-11-5-9(14(16,17)18)4-10(15)6-11/h4-6,12,20H,7-8,19H2,1-3H3. The molecule has 1 aromatic carbocycles. The minimum absolute atomic E-state index is 0.0223. The molecule has 0 aliphatic carbocycles. The van der Waals surface area contributed by atoms with Crippen LogP contribution in [0.1, 0.15) is 25.8 Å². The van der Waals surface area contributed by atoms with Gasteiger partial charge in [0.05, 0.1) is 11.2 Å². The molecule has 3 N–H and O–H groups in total. The maximum absolute atomic E-state index is 12.8. The van der Waals surface area contributed by atoms with Gasteiger partial charge in [0.15, 0.2) is 0 Å². The Labute approximate surface area is 127 Å². The molecule has 1 atom stereocenters. The van der Waals surface area contributed by atoms with Crippen molar-refractivity contribution in [3.05, 3.63) is 28.8 Å². The zero-order valence-electron chi connectivity index (χ0n) is 12.2. The fourth-order valence-corrected chi connectivity index (χ4v) is 2.18. The molecule has 7 heteroatoms. The number of benzene rings is 1. The molecule has 21 heavy (non-hydrogen) atoms. The molecular formula is C14H20ClF3N2O. The van der Waals surface area contributed by atoms with Crippen molar-refractivity contribution in [3.63, 3.8) is 0 Å². The number of ether oxygens (including phenoxy) is 1. The lowest BCUT2D eigenvalue weighted by atomic mass is 9.98. The molecule has 0 radical (unpaired) electrons. The van der Waals surface area contributed by atoms with Crippen LogP contribution in [0, 0.1) is 0 Å². The highest BCUT2D eigenvalue weighted by Gasteiger charge is 2.31. The largest absolute Gasteiger partial charge is 0.416 e. The molecule has 0 aromatic heterocycles. The summed E-state index contributed by atoms with van der Waals surface area (Å²) in [6.45, 7) is 4.04. The smallest absolute Gasteiger partial charge is 0.381 e. The first-order valence-corrected chi connectivity index (χ1v) is 6.85. The Hall–Kier alpha value is -0.980. The van der Waals surface area contributed by atoms with Gasteiger partial charge in [-0.3, -0.25) is 0 Å². The predicted octanol–water partition coefficient (Wildman–Crippen LogP) is 3.91.